The van der Waals surface area contributed by atoms with Gasteiger partial charge in [-0.3, -0.25) is 9.59 Å². The molecule has 0 saturated carbocycles. The van der Waals surface area contributed by atoms with Crippen LogP contribution in [0.2, 0.25) is 0 Å². The molecule has 0 amide bonds. The van der Waals surface area contributed by atoms with Crippen molar-refractivity contribution in [3.63, 3.8) is 0 Å². The SMILES string of the molecule is CCCCCCCCCC(CCCCCC)(CCCCCC)OC(=O)CCCCC(=O)OC(CCCCCC)(CCCCCC)CCCCCCCCC. The summed E-state index contributed by atoms with van der Waals surface area (Å²) in [5, 5.41) is 0. The summed E-state index contributed by atoms with van der Waals surface area (Å²) in [6.07, 6.45) is 45.6. The molecule has 0 fully saturated rings. The normalized spacial score (nSPS) is 12.0. The molecule has 0 radical (unpaired) electrons. The summed E-state index contributed by atoms with van der Waals surface area (Å²) in [4.78, 5) is 27.1. The highest BCUT2D eigenvalue weighted by molar-refractivity contribution is 5.71. The van der Waals surface area contributed by atoms with E-state index in [0.29, 0.717) is 25.7 Å². The number of carbonyl (C=O) groups is 2. The van der Waals surface area contributed by atoms with Gasteiger partial charge < -0.3 is 9.47 Å². The van der Waals surface area contributed by atoms with Crippen LogP contribution in [0.1, 0.15) is 298 Å². The van der Waals surface area contributed by atoms with Crippen LogP contribution in [0.15, 0.2) is 0 Å². The molecule has 0 heterocycles. The Kier molecular flexibility index (Phi) is 38.0. The van der Waals surface area contributed by atoms with Crippen molar-refractivity contribution in [1.29, 1.82) is 0 Å². The van der Waals surface area contributed by atoms with E-state index in [1.54, 1.807) is 0 Å². The van der Waals surface area contributed by atoms with E-state index < -0.39 is 0 Å². The zero-order valence-corrected chi connectivity index (χ0v) is 37.9. The maximum atomic E-state index is 13.6. The molecule has 0 N–H and O–H groups in total. The second kappa shape index (κ2) is 38.8. The molecule has 0 saturated heterocycles. The van der Waals surface area contributed by atoms with Crippen LogP contribution in [0.4, 0.5) is 0 Å². The van der Waals surface area contributed by atoms with E-state index in [9.17, 15) is 9.59 Å². The molecule has 0 aliphatic carbocycles. The first-order chi connectivity index (χ1) is 26.4. The van der Waals surface area contributed by atoms with Crippen LogP contribution < -0.4 is 0 Å². The molecular weight excluding hydrogens is 665 g/mol. The average molecular weight is 763 g/mol. The summed E-state index contributed by atoms with van der Waals surface area (Å²) in [6, 6.07) is 0. The van der Waals surface area contributed by atoms with Gasteiger partial charge in [-0.25, -0.2) is 0 Å². The Balaban J connectivity index is 5.44. The molecule has 0 aliphatic heterocycles. The van der Waals surface area contributed by atoms with Gasteiger partial charge in [-0.2, -0.15) is 0 Å². The smallest absolute Gasteiger partial charge is 0.306 e. The van der Waals surface area contributed by atoms with Gasteiger partial charge >= 0.3 is 11.9 Å². The van der Waals surface area contributed by atoms with Gasteiger partial charge in [-0.05, 0) is 89.9 Å². The number of rotatable bonds is 43. The van der Waals surface area contributed by atoms with Crippen molar-refractivity contribution in [2.75, 3.05) is 0 Å². The Bertz CT molecular complexity index is 716. The first-order valence-corrected chi connectivity index (χ1v) is 24.8. The molecular formula is C50H98O4. The van der Waals surface area contributed by atoms with Crippen LogP contribution in [0.25, 0.3) is 0 Å². The van der Waals surface area contributed by atoms with Gasteiger partial charge in [0.05, 0.1) is 0 Å². The van der Waals surface area contributed by atoms with Crippen molar-refractivity contribution in [3.8, 4) is 0 Å². The second-order valence-corrected chi connectivity index (χ2v) is 17.5. The molecule has 0 bridgehead atoms. The van der Waals surface area contributed by atoms with Crippen LogP contribution in [-0.4, -0.2) is 23.1 Å². The molecule has 0 aromatic heterocycles. The number of hydrogen-bond acceptors (Lipinski definition) is 4. The maximum Gasteiger partial charge on any atom is 0.306 e. The largest absolute Gasteiger partial charge is 0.459 e. The standard InChI is InChI=1S/C50H98O4/c1-7-13-19-25-27-29-37-45-49(41-33-21-15-9-3,42-34-22-16-10-4)53-47(51)39-31-32-40-48(52)54-50(43-35-23-17-11-5,44-36-24-18-12-6)46-38-30-28-26-20-14-8-2/h7-46H2,1-6H3. The van der Waals surface area contributed by atoms with Crippen molar-refractivity contribution in [3.05, 3.63) is 0 Å². The fraction of sp³-hybridized carbons (Fsp3) is 0.960. The predicted molar refractivity (Wildman–Crippen MR) is 236 cm³/mol. The highest BCUT2D eigenvalue weighted by Gasteiger charge is 2.34. The summed E-state index contributed by atoms with van der Waals surface area (Å²) < 4.78 is 13.2. The summed E-state index contributed by atoms with van der Waals surface area (Å²) in [7, 11) is 0. The van der Waals surface area contributed by atoms with Gasteiger partial charge in [0.1, 0.15) is 11.2 Å². The molecule has 0 atom stereocenters. The molecule has 0 aromatic carbocycles. The number of carbonyl (C=O) groups excluding carboxylic acids is 2. The number of esters is 2. The highest BCUT2D eigenvalue weighted by atomic mass is 16.6. The van der Waals surface area contributed by atoms with Crippen LogP contribution in [-0.2, 0) is 19.1 Å². The molecule has 54 heavy (non-hydrogen) atoms. The fourth-order valence-corrected chi connectivity index (χ4v) is 8.48. The van der Waals surface area contributed by atoms with Gasteiger partial charge in [0, 0.05) is 12.8 Å². The highest BCUT2D eigenvalue weighted by Crippen LogP contribution is 2.35. The molecule has 0 aliphatic rings. The monoisotopic (exact) mass is 763 g/mol. The van der Waals surface area contributed by atoms with E-state index in [0.717, 1.165) is 77.0 Å². The molecule has 0 unspecified atom stereocenters. The lowest BCUT2D eigenvalue weighted by molar-refractivity contribution is -0.165. The number of ether oxygens (including phenoxy) is 2. The Hall–Kier alpha value is -1.06. The van der Waals surface area contributed by atoms with Crippen molar-refractivity contribution < 1.29 is 19.1 Å². The van der Waals surface area contributed by atoms with E-state index in [2.05, 4.69) is 41.5 Å². The quantitative estimate of drug-likeness (QED) is 0.0458. The van der Waals surface area contributed by atoms with E-state index in [4.69, 9.17) is 9.47 Å². The van der Waals surface area contributed by atoms with Crippen molar-refractivity contribution in [2.45, 2.75) is 310 Å². The third kappa shape index (κ3) is 31.1. The zero-order chi connectivity index (χ0) is 39.9. The molecule has 4 heteroatoms. The van der Waals surface area contributed by atoms with Crippen LogP contribution in [0, 0.1) is 0 Å². The Morgan fingerprint density at radius 1 is 0.278 bits per heavy atom. The van der Waals surface area contributed by atoms with Gasteiger partial charge in [0.25, 0.3) is 0 Å². The van der Waals surface area contributed by atoms with Crippen molar-refractivity contribution >= 4 is 11.9 Å². The third-order valence-corrected chi connectivity index (χ3v) is 12.1. The Labute approximate surface area is 339 Å². The van der Waals surface area contributed by atoms with E-state index in [1.807, 2.05) is 0 Å². The number of unbranched alkanes of at least 4 members (excludes halogenated alkanes) is 25. The number of hydrogen-bond donors (Lipinski definition) is 0. The first kappa shape index (κ1) is 52.9. The zero-order valence-electron chi connectivity index (χ0n) is 37.9. The summed E-state index contributed by atoms with van der Waals surface area (Å²) >= 11 is 0. The molecule has 4 nitrogen and oxygen atoms in total. The van der Waals surface area contributed by atoms with Crippen LogP contribution >= 0.6 is 0 Å². The maximum absolute atomic E-state index is 13.6. The van der Waals surface area contributed by atoms with Gasteiger partial charge in [0.2, 0.25) is 0 Å². The summed E-state index contributed by atoms with van der Waals surface area (Å²) in [5.74, 6) is -0.0881. The fourth-order valence-electron chi connectivity index (χ4n) is 8.48. The molecule has 322 valence electrons. The molecule has 0 rings (SSSR count). The van der Waals surface area contributed by atoms with Crippen LogP contribution in [0.5, 0.6) is 0 Å². The molecule has 0 spiro atoms. The van der Waals surface area contributed by atoms with Gasteiger partial charge in [-0.15, -0.1) is 0 Å². The Morgan fingerprint density at radius 3 is 0.685 bits per heavy atom. The predicted octanol–water partition coefficient (Wildman–Crippen LogP) is 17.3. The minimum Gasteiger partial charge on any atom is -0.459 e. The third-order valence-electron chi connectivity index (χ3n) is 12.1. The van der Waals surface area contributed by atoms with E-state index in [-0.39, 0.29) is 23.1 Å². The lowest BCUT2D eigenvalue weighted by Crippen LogP contribution is -2.36. The molecule has 0 aromatic rings. The summed E-state index contributed by atoms with van der Waals surface area (Å²) in [5.41, 5.74) is -0.627. The average Bonchev–Trinajstić information content (AvgIpc) is 3.16. The van der Waals surface area contributed by atoms with Crippen molar-refractivity contribution in [2.24, 2.45) is 0 Å². The topological polar surface area (TPSA) is 52.6 Å². The Morgan fingerprint density at radius 2 is 0.463 bits per heavy atom. The van der Waals surface area contributed by atoms with Crippen molar-refractivity contribution in [1.82, 2.24) is 0 Å². The van der Waals surface area contributed by atoms with Crippen LogP contribution in [0.3, 0.4) is 0 Å². The minimum atomic E-state index is -0.313. The minimum absolute atomic E-state index is 0.0440. The van der Waals surface area contributed by atoms with Gasteiger partial charge in [0.15, 0.2) is 0 Å². The lowest BCUT2D eigenvalue weighted by atomic mass is 9.84. The lowest BCUT2D eigenvalue weighted by Gasteiger charge is -2.35. The van der Waals surface area contributed by atoms with E-state index in [1.165, 1.54) is 154 Å². The second-order valence-electron chi connectivity index (χ2n) is 17.5. The first-order valence-electron chi connectivity index (χ1n) is 24.8. The summed E-state index contributed by atoms with van der Waals surface area (Å²) in [6.45, 7) is 13.6. The van der Waals surface area contributed by atoms with E-state index >= 15 is 0 Å². The van der Waals surface area contributed by atoms with Gasteiger partial charge in [-0.1, -0.05) is 196 Å².